The van der Waals surface area contributed by atoms with E-state index in [2.05, 4.69) is 33.9 Å². The van der Waals surface area contributed by atoms with E-state index in [1.54, 1.807) is 0 Å². The lowest BCUT2D eigenvalue weighted by Gasteiger charge is -2.43. The maximum Gasteiger partial charge on any atom is 0.195 e. The van der Waals surface area contributed by atoms with Crippen molar-refractivity contribution in [3.8, 4) is 0 Å². The van der Waals surface area contributed by atoms with Crippen LogP contribution in [0.25, 0.3) is 0 Å². The zero-order chi connectivity index (χ0) is 12.4. The molecule has 0 aromatic carbocycles. The number of rotatable bonds is 2. The standard InChI is InChI=1S/C13H28O2Si/c1-12(2,3)16(4,5)15-13(14)10-8-6-7-9-11-13/h14H,6-11H2,1-5H3. The fourth-order valence-corrected chi connectivity index (χ4v) is 3.47. The minimum atomic E-state index is -1.84. The minimum Gasteiger partial charge on any atom is -0.390 e. The van der Waals surface area contributed by atoms with Gasteiger partial charge in [-0.1, -0.05) is 33.6 Å². The van der Waals surface area contributed by atoms with Crippen LogP contribution in [-0.2, 0) is 4.43 Å². The fourth-order valence-electron chi connectivity index (χ4n) is 2.01. The molecule has 0 spiro atoms. The Morgan fingerprint density at radius 2 is 1.44 bits per heavy atom. The third kappa shape index (κ3) is 3.57. The van der Waals surface area contributed by atoms with E-state index in [0.717, 1.165) is 25.7 Å². The van der Waals surface area contributed by atoms with Crippen LogP contribution in [0.4, 0.5) is 0 Å². The molecule has 1 rings (SSSR count). The van der Waals surface area contributed by atoms with Crippen molar-refractivity contribution in [1.82, 2.24) is 0 Å². The molecule has 1 saturated carbocycles. The SMILES string of the molecule is CC(C)(C)[Si](C)(C)OC1(O)CCCCCC1. The Balaban J connectivity index is 2.70. The number of hydrogen-bond acceptors (Lipinski definition) is 2. The second-order valence-corrected chi connectivity index (χ2v) is 11.4. The second kappa shape index (κ2) is 4.79. The van der Waals surface area contributed by atoms with E-state index in [0.29, 0.717) is 0 Å². The molecule has 3 heteroatoms. The maximum absolute atomic E-state index is 10.6. The number of hydrogen-bond donors (Lipinski definition) is 1. The van der Waals surface area contributed by atoms with E-state index >= 15 is 0 Å². The normalized spacial score (nSPS) is 22.9. The molecule has 0 radical (unpaired) electrons. The van der Waals surface area contributed by atoms with Crippen LogP contribution < -0.4 is 0 Å². The average Bonchev–Trinajstić information content (AvgIpc) is 2.26. The molecule has 1 N–H and O–H groups in total. The first-order valence-corrected chi connectivity index (χ1v) is 9.50. The largest absolute Gasteiger partial charge is 0.390 e. The molecule has 0 aromatic rings. The Bertz CT molecular complexity index is 223. The highest BCUT2D eigenvalue weighted by Gasteiger charge is 2.43. The molecule has 0 bridgehead atoms. The van der Waals surface area contributed by atoms with Gasteiger partial charge in [0.1, 0.15) is 0 Å². The summed E-state index contributed by atoms with van der Waals surface area (Å²) in [7, 11) is -1.84. The quantitative estimate of drug-likeness (QED) is 0.451. The Morgan fingerprint density at radius 3 is 1.81 bits per heavy atom. The molecule has 0 heterocycles. The van der Waals surface area contributed by atoms with Gasteiger partial charge in [-0.3, -0.25) is 0 Å². The topological polar surface area (TPSA) is 29.5 Å². The van der Waals surface area contributed by atoms with Crippen molar-refractivity contribution >= 4 is 8.32 Å². The smallest absolute Gasteiger partial charge is 0.195 e. The van der Waals surface area contributed by atoms with Gasteiger partial charge >= 0.3 is 0 Å². The third-order valence-corrected chi connectivity index (χ3v) is 8.64. The van der Waals surface area contributed by atoms with Crippen LogP contribution in [0, 0.1) is 0 Å². The molecule has 0 aliphatic heterocycles. The highest BCUT2D eigenvalue weighted by molar-refractivity contribution is 6.74. The summed E-state index contributed by atoms with van der Waals surface area (Å²) in [4.78, 5) is 0. The lowest BCUT2D eigenvalue weighted by Crippen LogP contribution is -2.49. The van der Waals surface area contributed by atoms with Crippen LogP contribution in [0.5, 0.6) is 0 Å². The van der Waals surface area contributed by atoms with Crippen LogP contribution in [-0.4, -0.2) is 19.2 Å². The predicted octanol–water partition coefficient (Wildman–Crippen LogP) is 4.05. The lowest BCUT2D eigenvalue weighted by molar-refractivity contribution is -0.155. The van der Waals surface area contributed by atoms with Crippen LogP contribution in [0.2, 0.25) is 18.1 Å². The molecule has 2 nitrogen and oxygen atoms in total. The van der Waals surface area contributed by atoms with E-state index in [-0.39, 0.29) is 5.04 Å². The summed E-state index contributed by atoms with van der Waals surface area (Å²) < 4.78 is 6.21. The van der Waals surface area contributed by atoms with E-state index in [9.17, 15) is 5.11 Å². The van der Waals surface area contributed by atoms with E-state index in [4.69, 9.17) is 4.43 Å². The van der Waals surface area contributed by atoms with Crippen molar-refractivity contribution < 1.29 is 9.53 Å². The van der Waals surface area contributed by atoms with Crippen molar-refractivity contribution in [1.29, 1.82) is 0 Å². The lowest BCUT2D eigenvalue weighted by atomic mass is 10.1. The highest BCUT2D eigenvalue weighted by atomic mass is 28.4. The molecule has 0 aromatic heterocycles. The van der Waals surface area contributed by atoms with Crippen molar-refractivity contribution in [2.75, 3.05) is 0 Å². The molecule has 0 unspecified atom stereocenters. The molecule has 0 atom stereocenters. The van der Waals surface area contributed by atoms with Gasteiger partial charge in [0.15, 0.2) is 14.1 Å². The molecule has 16 heavy (non-hydrogen) atoms. The first-order valence-electron chi connectivity index (χ1n) is 6.59. The Labute approximate surface area is 102 Å². The molecule has 96 valence electrons. The molecular weight excluding hydrogens is 216 g/mol. The Morgan fingerprint density at radius 1 is 1.00 bits per heavy atom. The summed E-state index contributed by atoms with van der Waals surface area (Å²) in [5.41, 5.74) is 0. The molecule has 1 aliphatic carbocycles. The fraction of sp³-hybridized carbons (Fsp3) is 1.00. The predicted molar refractivity (Wildman–Crippen MR) is 70.9 cm³/mol. The molecule has 0 saturated heterocycles. The monoisotopic (exact) mass is 244 g/mol. The van der Waals surface area contributed by atoms with E-state index in [1.165, 1.54) is 12.8 Å². The van der Waals surface area contributed by atoms with E-state index < -0.39 is 14.1 Å². The summed E-state index contributed by atoms with van der Waals surface area (Å²) in [6.45, 7) is 11.1. The summed E-state index contributed by atoms with van der Waals surface area (Å²) in [6, 6.07) is 0. The van der Waals surface area contributed by atoms with Crippen molar-refractivity contribution in [2.24, 2.45) is 0 Å². The zero-order valence-corrected chi connectivity index (χ0v) is 12.6. The summed E-state index contributed by atoms with van der Waals surface area (Å²) in [5, 5.41) is 10.7. The van der Waals surface area contributed by atoms with Crippen molar-refractivity contribution in [2.45, 2.75) is 83.2 Å². The highest BCUT2D eigenvalue weighted by Crippen LogP contribution is 2.41. The van der Waals surface area contributed by atoms with Gasteiger partial charge in [-0.05, 0) is 31.0 Å². The summed E-state index contributed by atoms with van der Waals surface area (Å²) in [6.07, 6.45) is 6.32. The van der Waals surface area contributed by atoms with Gasteiger partial charge in [0.2, 0.25) is 0 Å². The molecular formula is C13H28O2Si. The van der Waals surface area contributed by atoms with Crippen LogP contribution in [0.1, 0.15) is 59.3 Å². The average molecular weight is 244 g/mol. The first-order chi connectivity index (χ1) is 7.16. The zero-order valence-electron chi connectivity index (χ0n) is 11.6. The van der Waals surface area contributed by atoms with E-state index in [1.807, 2.05) is 0 Å². The summed E-state index contributed by atoms with van der Waals surface area (Å²) >= 11 is 0. The molecule has 0 amide bonds. The van der Waals surface area contributed by atoms with Crippen LogP contribution >= 0.6 is 0 Å². The Hall–Kier alpha value is 0.137. The van der Waals surface area contributed by atoms with Crippen molar-refractivity contribution in [3.05, 3.63) is 0 Å². The van der Waals surface area contributed by atoms with Gasteiger partial charge in [-0.2, -0.15) is 0 Å². The third-order valence-electron chi connectivity index (χ3n) is 4.14. The molecule has 1 fully saturated rings. The van der Waals surface area contributed by atoms with Gasteiger partial charge in [0, 0.05) is 12.8 Å². The van der Waals surface area contributed by atoms with Crippen LogP contribution in [0.3, 0.4) is 0 Å². The minimum absolute atomic E-state index is 0.176. The van der Waals surface area contributed by atoms with Crippen LogP contribution in [0.15, 0.2) is 0 Å². The van der Waals surface area contributed by atoms with Gasteiger partial charge in [-0.25, -0.2) is 0 Å². The van der Waals surface area contributed by atoms with Gasteiger partial charge < -0.3 is 9.53 Å². The van der Waals surface area contributed by atoms with Gasteiger partial charge in [-0.15, -0.1) is 0 Å². The van der Waals surface area contributed by atoms with Crippen molar-refractivity contribution in [3.63, 3.8) is 0 Å². The Kier molecular flexibility index (Phi) is 4.25. The maximum atomic E-state index is 10.6. The first kappa shape index (κ1) is 14.2. The second-order valence-electron chi connectivity index (χ2n) is 6.72. The van der Waals surface area contributed by atoms with Gasteiger partial charge in [0.25, 0.3) is 0 Å². The summed E-state index contributed by atoms with van der Waals surface area (Å²) in [5.74, 6) is -0.834. The number of aliphatic hydroxyl groups is 1. The molecule has 1 aliphatic rings. The van der Waals surface area contributed by atoms with Gasteiger partial charge in [0.05, 0.1) is 0 Å².